The SMILES string of the molecule is Cc1ccc(NCc2cc([N+](=O)[O-])ccc2OCC=O)c(C(=O)Nc2ccc(C(=N)N)cc2)c1. The summed E-state index contributed by atoms with van der Waals surface area (Å²) >= 11 is 0. The molecule has 0 aliphatic carbocycles. The van der Waals surface area contributed by atoms with E-state index in [1.807, 2.05) is 13.0 Å². The lowest BCUT2D eigenvalue weighted by Gasteiger charge is -2.15. The summed E-state index contributed by atoms with van der Waals surface area (Å²) in [5, 5.41) is 24.6. The molecule has 0 spiro atoms. The molecule has 34 heavy (non-hydrogen) atoms. The summed E-state index contributed by atoms with van der Waals surface area (Å²) in [6.07, 6.45) is 0.587. The third kappa shape index (κ3) is 5.94. The van der Waals surface area contributed by atoms with Gasteiger partial charge in [-0.15, -0.1) is 0 Å². The Morgan fingerprint density at radius 1 is 1.15 bits per heavy atom. The third-order valence-electron chi connectivity index (χ3n) is 4.90. The molecule has 3 rings (SSSR count). The van der Waals surface area contributed by atoms with Crippen molar-refractivity contribution in [2.45, 2.75) is 13.5 Å². The van der Waals surface area contributed by atoms with Gasteiger partial charge in [-0.1, -0.05) is 11.6 Å². The standard InChI is InChI=1S/C24H23N5O5/c1-15-2-8-21(20(12-15)24(31)28-18-5-3-16(4-6-18)23(25)26)27-14-17-13-19(29(32)33)7-9-22(17)34-11-10-30/h2-10,12-13,27H,11,14H2,1H3,(H3,25,26)(H,28,31). The summed E-state index contributed by atoms with van der Waals surface area (Å²) in [4.78, 5) is 34.3. The zero-order valence-electron chi connectivity index (χ0n) is 18.3. The monoisotopic (exact) mass is 461 g/mol. The van der Waals surface area contributed by atoms with Crippen molar-refractivity contribution in [3.05, 3.63) is 93.0 Å². The van der Waals surface area contributed by atoms with E-state index in [-0.39, 0.29) is 30.6 Å². The minimum Gasteiger partial charge on any atom is -0.486 e. The van der Waals surface area contributed by atoms with E-state index in [9.17, 15) is 19.7 Å². The quantitative estimate of drug-likeness (QED) is 0.118. The predicted octanol–water partition coefficient (Wildman–Crippen LogP) is 3.63. The van der Waals surface area contributed by atoms with Crippen LogP contribution in [0.2, 0.25) is 0 Å². The van der Waals surface area contributed by atoms with Crippen LogP contribution in [-0.4, -0.2) is 29.6 Å². The van der Waals surface area contributed by atoms with Crippen LogP contribution in [0.1, 0.15) is 27.0 Å². The molecule has 0 saturated carbocycles. The summed E-state index contributed by atoms with van der Waals surface area (Å²) in [7, 11) is 0. The number of non-ortho nitro benzene ring substituents is 1. The van der Waals surface area contributed by atoms with Gasteiger partial charge in [-0.05, 0) is 49.4 Å². The predicted molar refractivity (Wildman–Crippen MR) is 129 cm³/mol. The fraction of sp³-hybridized carbons (Fsp3) is 0.125. The van der Waals surface area contributed by atoms with E-state index in [1.165, 1.54) is 18.2 Å². The van der Waals surface area contributed by atoms with Crippen LogP contribution in [0.25, 0.3) is 0 Å². The molecule has 0 aromatic heterocycles. The first-order valence-corrected chi connectivity index (χ1v) is 10.2. The summed E-state index contributed by atoms with van der Waals surface area (Å²) in [5.74, 6) is -0.104. The van der Waals surface area contributed by atoms with Gasteiger partial charge in [0.2, 0.25) is 0 Å². The van der Waals surface area contributed by atoms with Crippen molar-refractivity contribution in [2.24, 2.45) is 5.73 Å². The number of aldehydes is 1. The number of nitro groups is 1. The van der Waals surface area contributed by atoms with E-state index in [2.05, 4.69) is 10.6 Å². The van der Waals surface area contributed by atoms with Crippen LogP contribution < -0.4 is 21.1 Å². The Bertz CT molecular complexity index is 1240. The zero-order valence-corrected chi connectivity index (χ0v) is 18.3. The van der Waals surface area contributed by atoms with Gasteiger partial charge >= 0.3 is 0 Å². The number of nitrogens with two attached hydrogens (primary N) is 1. The molecule has 0 bridgehead atoms. The molecular formula is C24H23N5O5. The lowest BCUT2D eigenvalue weighted by Crippen LogP contribution is -2.16. The second-order valence-electron chi connectivity index (χ2n) is 7.37. The number of amides is 1. The molecule has 5 N–H and O–H groups in total. The van der Waals surface area contributed by atoms with Crippen molar-refractivity contribution in [2.75, 3.05) is 17.2 Å². The van der Waals surface area contributed by atoms with Crippen LogP contribution >= 0.6 is 0 Å². The Labute approximate surface area is 195 Å². The fourth-order valence-electron chi connectivity index (χ4n) is 3.20. The van der Waals surface area contributed by atoms with Crippen molar-refractivity contribution in [1.29, 1.82) is 5.41 Å². The van der Waals surface area contributed by atoms with E-state index < -0.39 is 4.92 Å². The van der Waals surface area contributed by atoms with Crippen LogP contribution in [0.4, 0.5) is 17.1 Å². The minimum absolute atomic E-state index is 0.0688. The fourth-order valence-corrected chi connectivity index (χ4v) is 3.20. The van der Waals surface area contributed by atoms with Gasteiger partial charge in [-0.2, -0.15) is 0 Å². The number of carbonyl (C=O) groups is 2. The molecule has 0 radical (unpaired) electrons. The Morgan fingerprint density at radius 3 is 2.53 bits per heavy atom. The van der Waals surface area contributed by atoms with Gasteiger partial charge in [0, 0.05) is 41.2 Å². The van der Waals surface area contributed by atoms with E-state index >= 15 is 0 Å². The highest BCUT2D eigenvalue weighted by atomic mass is 16.6. The van der Waals surface area contributed by atoms with Gasteiger partial charge in [0.15, 0.2) is 6.29 Å². The maximum absolute atomic E-state index is 13.0. The smallest absolute Gasteiger partial charge is 0.270 e. The Balaban J connectivity index is 1.83. The number of ether oxygens (including phenoxy) is 1. The summed E-state index contributed by atoms with van der Waals surface area (Å²) in [5.41, 5.74) is 8.63. The molecule has 0 unspecified atom stereocenters. The highest BCUT2D eigenvalue weighted by Crippen LogP contribution is 2.27. The molecular weight excluding hydrogens is 438 g/mol. The normalized spacial score (nSPS) is 10.3. The number of nitrogens with one attached hydrogen (secondary N) is 3. The molecule has 10 heteroatoms. The molecule has 0 aliphatic rings. The summed E-state index contributed by atoms with van der Waals surface area (Å²) in [6, 6.07) is 16.0. The lowest BCUT2D eigenvalue weighted by molar-refractivity contribution is -0.384. The van der Waals surface area contributed by atoms with Gasteiger partial charge in [-0.3, -0.25) is 25.1 Å². The molecule has 0 atom stereocenters. The topological polar surface area (TPSA) is 160 Å². The Morgan fingerprint density at radius 2 is 1.88 bits per heavy atom. The largest absolute Gasteiger partial charge is 0.486 e. The van der Waals surface area contributed by atoms with Crippen molar-refractivity contribution >= 4 is 35.1 Å². The first-order valence-electron chi connectivity index (χ1n) is 10.2. The number of carbonyl (C=O) groups excluding carboxylic acids is 2. The highest BCUT2D eigenvalue weighted by molar-refractivity contribution is 6.08. The van der Waals surface area contributed by atoms with Crippen molar-refractivity contribution < 1.29 is 19.2 Å². The number of nitro benzene ring substituents is 1. The van der Waals surface area contributed by atoms with Crippen molar-refractivity contribution in [1.82, 2.24) is 0 Å². The molecule has 3 aromatic carbocycles. The average molecular weight is 461 g/mol. The van der Waals surface area contributed by atoms with Crippen LogP contribution in [0.5, 0.6) is 5.75 Å². The minimum atomic E-state index is -0.519. The van der Waals surface area contributed by atoms with E-state index in [4.69, 9.17) is 15.9 Å². The molecule has 174 valence electrons. The second kappa shape index (κ2) is 10.7. The van der Waals surface area contributed by atoms with Gasteiger partial charge in [0.25, 0.3) is 11.6 Å². The number of hydrogen-bond acceptors (Lipinski definition) is 7. The maximum Gasteiger partial charge on any atom is 0.270 e. The molecule has 3 aromatic rings. The first kappa shape index (κ1) is 23.9. The van der Waals surface area contributed by atoms with Crippen LogP contribution in [0.15, 0.2) is 60.7 Å². The highest BCUT2D eigenvalue weighted by Gasteiger charge is 2.15. The van der Waals surface area contributed by atoms with Gasteiger partial charge < -0.3 is 21.1 Å². The average Bonchev–Trinajstić information content (AvgIpc) is 2.82. The maximum atomic E-state index is 13.0. The number of benzene rings is 3. The third-order valence-corrected chi connectivity index (χ3v) is 4.90. The molecule has 0 aliphatic heterocycles. The van der Waals surface area contributed by atoms with Gasteiger partial charge in [-0.25, -0.2) is 0 Å². The number of anilines is 2. The Kier molecular flexibility index (Phi) is 7.55. The van der Waals surface area contributed by atoms with Crippen LogP contribution in [-0.2, 0) is 11.3 Å². The molecule has 0 fully saturated rings. The number of hydrogen-bond donors (Lipinski definition) is 4. The summed E-state index contributed by atoms with van der Waals surface area (Å²) in [6.45, 7) is 1.78. The van der Waals surface area contributed by atoms with Gasteiger partial charge in [0.1, 0.15) is 18.2 Å². The van der Waals surface area contributed by atoms with E-state index in [0.717, 1.165) is 5.56 Å². The zero-order chi connectivity index (χ0) is 24.7. The number of amidine groups is 1. The Hall–Kier alpha value is -4.73. The summed E-state index contributed by atoms with van der Waals surface area (Å²) < 4.78 is 5.38. The molecule has 0 saturated heterocycles. The van der Waals surface area contributed by atoms with Crippen LogP contribution in [0.3, 0.4) is 0 Å². The van der Waals surface area contributed by atoms with Crippen LogP contribution in [0, 0.1) is 22.4 Å². The first-order chi connectivity index (χ1) is 16.3. The lowest BCUT2D eigenvalue weighted by atomic mass is 10.1. The second-order valence-corrected chi connectivity index (χ2v) is 7.37. The number of aryl methyl sites for hydroxylation is 1. The van der Waals surface area contributed by atoms with Crippen molar-refractivity contribution in [3.8, 4) is 5.75 Å². The number of nitrogen functional groups attached to an aromatic ring is 1. The van der Waals surface area contributed by atoms with E-state index in [1.54, 1.807) is 36.4 Å². The number of rotatable bonds is 10. The molecule has 10 nitrogen and oxygen atoms in total. The number of nitrogens with zero attached hydrogens (tertiary/aromatic N) is 1. The van der Waals surface area contributed by atoms with Gasteiger partial charge in [0.05, 0.1) is 10.5 Å². The molecule has 1 amide bonds. The van der Waals surface area contributed by atoms with Crippen molar-refractivity contribution in [3.63, 3.8) is 0 Å². The van der Waals surface area contributed by atoms with E-state index in [0.29, 0.717) is 40.1 Å². The molecule has 0 heterocycles.